The summed E-state index contributed by atoms with van der Waals surface area (Å²) in [4.78, 5) is 6.91. The molecule has 0 aliphatic heterocycles. The van der Waals surface area contributed by atoms with E-state index in [-0.39, 0.29) is 6.54 Å². The number of hydrogen-bond acceptors (Lipinski definition) is 5. The molecule has 4 aromatic carbocycles. The van der Waals surface area contributed by atoms with E-state index in [0.29, 0.717) is 36.3 Å². The van der Waals surface area contributed by atoms with E-state index in [1.165, 1.54) is 11.9 Å². The highest BCUT2D eigenvalue weighted by atomic mass is 32.2. The Kier molecular flexibility index (Phi) is 8.04. The van der Waals surface area contributed by atoms with Crippen LogP contribution in [0.4, 0.5) is 27.8 Å². The van der Waals surface area contributed by atoms with Crippen molar-refractivity contribution in [2.75, 3.05) is 11.9 Å². The number of nitrogens with zero attached hydrogens (tertiary/aromatic N) is 3. The van der Waals surface area contributed by atoms with Gasteiger partial charge in [-0.05, 0) is 59.7 Å². The third-order valence-electron chi connectivity index (χ3n) is 7.47. The van der Waals surface area contributed by atoms with Crippen molar-refractivity contribution in [2.45, 2.75) is 36.7 Å². The molecule has 1 aromatic heterocycles. The largest absolute Gasteiger partial charge is 0.369 e. The number of aromatic nitrogens is 2. The van der Waals surface area contributed by atoms with Gasteiger partial charge in [-0.25, -0.2) is 40.3 Å². The molecule has 1 saturated carbocycles. The number of fused-ring (bicyclic) bond motifs is 1. The molecule has 5 aromatic rings. The molecule has 226 valence electrons. The van der Waals surface area contributed by atoms with Crippen molar-refractivity contribution >= 4 is 26.7 Å². The molecule has 12 heteroatoms. The van der Waals surface area contributed by atoms with Gasteiger partial charge in [0.15, 0.2) is 28.2 Å². The number of hydrogen-bond donors (Lipinski definition) is 1. The average molecular weight is 625 g/mol. The molecule has 1 N–H and O–H groups in total. The van der Waals surface area contributed by atoms with Crippen LogP contribution in [0.2, 0.25) is 0 Å². The van der Waals surface area contributed by atoms with Crippen LogP contribution in [-0.2, 0) is 23.0 Å². The SMILES string of the molecule is O=S(=O)(c1c(F)c(F)c(F)c(F)c1F)N(Cc1cccc(-c2ccc3ncnc(NCCc4ccccc4)c3c2)c1)C1CC1. The minimum absolute atomic E-state index is 0.330. The number of sulfonamides is 1. The fourth-order valence-electron chi connectivity index (χ4n) is 5.08. The molecule has 1 aliphatic rings. The van der Waals surface area contributed by atoms with Crippen LogP contribution >= 0.6 is 0 Å². The predicted molar refractivity (Wildman–Crippen MR) is 156 cm³/mol. The highest BCUT2D eigenvalue weighted by Crippen LogP contribution is 2.37. The summed E-state index contributed by atoms with van der Waals surface area (Å²) < 4.78 is 98.1. The number of rotatable bonds is 10. The smallest absolute Gasteiger partial charge is 0.249 e. The van der Waals surface area contributed by atoms with Gasteiger partial charge in [-0.1, -0.05) is 54.6 Å². The van der Waals surface area contributed by atoms with Crippen molar-refractivity contribution in [1.82, 2.24) is 14.3 Å². The Morgan fingerprint density at radius 2 is 1.41 bits per heavy atom. The van der Waals surface area contributed by atoms with Crippen molar-refractivity contribution in [2.24, 2.45) is 0 Å². The van der Waals surface area contributed by atoms with Crippen LogP contribution in [0.1, 0.15) is 24.0 Å². The molecule has 0 amide bonds. The minimum Gasteiger partial charge on any atom is -0.369 e. The predicted octanol–water partition coefficient (Wildman–Crippen LogP) is 7.00. The van der Waals surface area contributed by atoms with Crippen LogP contribution in [0.5, 0.6) is 0 Å². The van der Waals surface area contributed by atoms with Gasteiger partial charge in [0.25, 0.3) is 0 Å². The topological polar surface area (TPSA) is 75.2 Å². The Labute approximate surface area is 250 Å². The Morgan fingerprint density at radius 1 is 0.750 bits per heavy atom. The summed E-state index contributed by atoms with van der Waals surface area (Å²) in [5, 5.41) is 4.14. The van der Waals surface area contributed by atoms with Gasteiger partial charge < -0.3 is 5.32 Å². The first-order chi connectivity index (χ1) is 21.1. The van der Waals surface area contributed by atoms with Crippen molar-refractivity contribution in [1.29, 1.82) is 0 Å². The van der Waals surface area contributed by atoms with E-state index in [0.717, 1.165) is 27.2 Å². The maximum Gasteiger partial charge on any atom is 0.249 e. The molecular weight excluding hydrogens is 599 g/mol. The van der Waals surface area contributed by atoms with Gasteiger partial charge in [-0.15, -0.1) is 0 Å². The second-order valence-corrected chi connectivity index (χ2v) is 12.3. The van der Waals surface area contributed by atoms with E-state index >= 15 is 0 Å². The third kappa shape index (κ3) is 5.74. The summed E-state index contributed by atoms with van der Waals surface area (Å²) in [5.74, 6) is -11.2. The molecule has 6 rings (SSSR count). The summed E-state index contributed by atoms with van der Waals surface area (Å²) >= 11 is 0. The van der Waals surface area contributed by atoms with Crippen LogP contribution in [0.25, 0.3) is 22.0 Å². The molecule has 0 bridgehead atoms. The van der Waals surface area contributed by atoms with Gasteiger partial charge in [-0.2, -0.15) is 4.31 Å². The van der Waals surface area contributed by atoms with E-state index in [4.69, 9.17) is 0 Å². The van der Waals surface area contributed by atoms with Gasteiger partial charge in [-0.3, -0.25) is 0 Å². The van der Waals surface area contributed by atoms with E-state index in [1.807, 2.05) is 54.6 Å². The summed E-state index contributed by atoms with van der Waals surface area (Å²) in [6.45, 7) is 0.313. The van der Waals surface area contributed by atoms with Crippen molar-refractivity contribution in [3.63, 3.8) is 0 Å². The number of benzene rings is 4. The van der Waals surface area contributed by atoms with Crippen LogP contribution in [0.3, 0.4) is 0 Å². The summed E-state index contributed by atoms with van der Waals surface area (Å²) in [5.41, 5.74) is 3.86. The lowest BCUT2D eigenvalue weighted by molar-refractivity contribution is 0.346. The quantitative estimate of drug-likeness (QED) is 0.103. The van der Waals surface area contributed by atoms with Crippen molar-refractivity contribution < 1.29 is 30.4 Å². The molecule has 1 aliphatic carbocycles. The zero-order valence-electron chi connectivity index (χ0n) is 23.1. The lowest BCUT2D eigenvalue weighted by Gasteiger charge is -2.23. The standard InChI is InChI=1S/C32H25F5N4O2S/c33-26-27(34)29(36)31(30(37)28(26)35)44(42,43)41(23-10-11-23)17-20-7-4-8-21(15-20)22-9-12-25-24(16-22)32(40-18-39-25)38-14-13-19-5-2-1-3-6-19/h1-9,12,15-16,18,23H,10-11,13-14,17H2,(H,38,39,40). The molecule has 0 atom stereocenters. The molecule has 0 spiro atoms. The number of halogens is 5. The van der Waals surface area contributed by atoms with Gasteiger partial charge >= 0.3 is 0 Å². The summed E-state index contributed by atoms with van der Waals surface area (Å²) in [6.07, 6.45) is 3.04. The first-order valence-electron chi connectivity index (χ1n) is 13.8. The lowest BCUT2D eigenvalue weighted by Crippen LogP contribution is -2.34. The number of nitrogens with one attached hydrogen (secondary N) is 1. The molecule has 1 heterocycles. The minimum atomic E-state index is -5.09. The highest BCUT2D eigenvalue weighted by molar-refractivity contribution is 7.89. The average Bonchev–Trinajstić information content (AvgIpc) is 3.87. The molecule has 1 fully saturated rings. The Bertz CT molecular complexity index is 1940. The van der Waals surface area contributed by atoms with Gasteiger partial charge in [0.1, 0.15) is 12.1 Å². The van der Waals surface area contributed by atoms with Crippen LogP contribution in [0.15, 0.2) is 84.0 Å². The second kappa shape index (κ2) is 11.9. The zero-order chi connectivity index (χ0) is 31.0. The normalized spacial score (nSPS) is 13.5. The lowest BCUT2D eigenvalue weighted by atomic mass is 10.0. The van der Waals surface area contributed by atoms with Crippen molar-refractivity contribution in [3.8, 4) is 11.1 Å². The number of anilines is 1. The second-order valence-electron chi connectivity index (χ2n) is 10.5. The van der Waals surface area contributed by atoms with Crippen molar-refractivity contribution in [3.05, 3.63) is 119 Å². The van der Waals surface area contributed by atoms with Gasteiger partial charge in [0, 0.05) is 24.5 Å². The highest BCUT2D eigenvalue weighted by Gasteiger charge is 2.43. The van der Waals surface area contributed by atoms with E-state index in [1.54, 1.807) is 18.2 Å². The molecular formula is C32H25F5N4O2S. The Balaban J connectivity index is 1.29. The molecule has 6 nitrogen and oxygen atoms in total. The maximum atomic E-state index is 14.5. The van der Waals surface area contributed by atoms with Crippen LogP contribution in [0, 0.1) is 29.1 Å². The van der Waals surface area contributed by atoms with E-state index < -0.39 is 50.0 Å². The van der Waals surface area contributed by atoms with E-state index in [2.05, 4.69) is 15.3 Å². The van der Waals surface area contributed by atoms with Gasteiger partial charge in [0.2, 0.25) is 15.8 Å². The van der Waals surface area contributed by atoms with Gasteiger partial charge in [0.05, 0.1) is 5.52 Å². The monoisotopic (exact) mass is 624 g/mol. The molecule has 0 radical (unpaired) electrons. The fourth-order valence-corrected chi connectivity index (χ4v) is 6.87. The van der Waals surface area contributed by atoms with E-state index in [9.17, 15) is 30.4 Å². The summed E-state index contributed by atoms with van der Waals surface area (Å²) in [6, 6.07) is 21.8. The Morgan fingerprint density at radius 3 is 2.11 bits per heavy atom. The maximum absolute atomic E-state index is 14.5. The Hall–Kier alpha value is -4.42. The fraction of sp³-hybridized carbons (Fsp3) is 0.188. The van der Waals surface area contributed by atoms with Crippen LogP contribution < -0.4 is 5.32 Å². The van der Waals surface area contributed by atoms with Crippen LogP contribution in [-0.4, -0.2) is 35.3 Å². The molecule has 0 saturated heterocycles. The zero-order valence-corrected chi connectivity index (χ0v) is 23.9. The molecule has 0 unspecified atom stereocenters. The summed E-state index contributed by atoms with van der Waals surface area (Å²) in [7, 11) is -5.09. The first kappa shape index (κ1) is 29.6. The molecule has 44 heavy (non-hydrogen) atoms. The third-order valence-corrected chi connectivity index (χ3v) is 9.39. The first-order valence-corrected chi connectivity index (χ1v) is 15.2.